The fourth-order valence-corrected chi connectivity index (χ4v) is 2.56. The highest BCUT2D eigenvalue weighted by molar-refractivity contribution is 5.92. The van der Waals surface area contributed by atoms with E-state index in [0.717, 1.165) is 28.9 Å². The van der Waals surface area contributed by atoms with Gasteiger partial charge in [-0.1, -0.05) is 18.2 Å². The van der Waals surface area contributed by atoms with Crippen LogP contribution in [-0.2, 0) is 4.79 Å². The van der Waals surface area contributed by atoms with Crippen LogP contribution in [0.5, 0.6) is 0 Å². The van der Waals surface area contributed by atoms with Crippen LogP contribution in [0.2, 0.25) is 0 Å². The van der Waals surface area contributed by atoms with E-state index in [1.165, 1.54) is 6.07 Å². The van der Waals surface area contributed by atoms with Crippen LogP contribution in [0, 0.1) is 11.6 Å². The lowest BCUT2D eigenvalue weighted by Crippen LogP contribution is -2.32. The fourth-order valence-electron chi connectivity index (χ4n) is 2.56. The molecule has 0 aliphatic heterocycles. The maximum absolute atomic E-state index is 13.2. The second-order valence-electron chi connectivity index (χ2n) is 5.95. The summed E-state index contributed by atoms with van der Waals surface area (Å²) in [6.07, 6.45) is 0. The van der Waals surface area contributed by atoms with Gasteiger partial charge in [0.05, 0.1) is 12.6 Å². The number of halogens is 2. The van der Waals surface area contributed by atoms with E-state index in [9.17, 15) is 13.6 Å². The molecule has 1 heterocycles. The third-order valence-corrected chi connectivity index (χ3v) is 4.11. The summed E-state index contributed by atoms with van der Waals surface area (Å²) in [6, 6.07) is 12.8. The number of carbonyl (C=O) groups is 1. The van der Waals surface area contributed by atoms with Gasteiger partial charge in [-0.25, -0.2) is 8.78 Å². The van der Waals surface area contributed by atoms with Crippen molar-refractivity contribution < 1.29 is 18.0 Å². The zero-order valence-electron chi connectivity index (χ0n) is 13.9. The molecule has 6 heteroatoms. The lowest BCUT2D eigenvalue weighted by atomic mass is 10.2. The standard InChI is InChI=1S/C19H18F2N2O2/c1-12(18-9-13-5-3-4-6-17(13)25-18)23(2)11-19(24)22-14-7-8-15(20)16(21)10-14/h3-10,12H,11H2,1-2H3,(H,22,24)/t12-/m1/s1. The molecule has 25 heavy (non-hydrogen) atoms. The van der Waals surface area contributed by atoms with Gasteiger partial charge in [0, 0.05) is 17.1 Å². The van der Waals surface area contributed by atoms with Gasteiger partial charge in [-0.15, -0.1) is 0 Å². The Morgan fingerprint density at radius 3 is 2.64 bits per heavy atom. The summed E-state index contributed by atoms with van der Waals surface area (Å²) in [7, 11) is 1.79. The lowest BCUT2D eigenvalue weighted by Gasteiger charge is -2.22. The topological polar surface area (TPSA) is 45.5 Å². The summed E-state index contributed by atoms with van der Waals surface area (Å²) in [5, 5.41) is 3.56. The molecule has 3 rings (SSSR count). The number of likely N-dealkylation sites (N-methyl/N-ethyl adjacent to an activating group) is 1. The highest BCUT2D eigenvalue weighted by Gasteiger charge is 2.19. The number of hydrogen-bond acceptors (Lipinski definition) is 3. The Hall–Kier alpha value is -2.73. The first kappa shape index (κ1) is 17.1. The minimum Gasteiger partial charge on any atom is -0.459 e. The van der Waals surface area contributed by atoms with Crippen LogP contribution >= 0.6 is 0 Å². The SMILES string of the molecule is C[C@H](c1cc2ccccc2o1)N(C)CC(=O)Nc1ccc(F)c(F)c1. The number of rotatable bonds is 5. The minimum atomic E-state index is -0.998. The zero-order valence-corrected chi connectivity index (χ0v) is 13.9. The maximum Gasteiger partial charge on any atom is 0.238 e. The molecule has 0 spiro atoms. The van der Waals surface area contributed by atoms with E-state index in [1.807, 2.05) is 42.2 Å². The largest absolute Gasteiger partial charge is 0.459 e. The molecule has 1 aromatic heterocycles. The van der Waals surface area contributed by atoms with E-state index in [0.29, 0.717) is 0 Å². The van der Waals surface area contributed by atoms with Gasteiger partial charge in [0.2, 0.25) is 5.91 Å². The molecule has 4 nitrogen and oxygen atoms in total. The Bertz CT molecular complexity index is 874. The first-order valence-electron chi connectivity index (χ1n) is 7.87. The normalized spacial score (nSPS) is 12.5. The van der Waals surface area contributed by atoms with Crippen molar-refractivity contribution in [2.45, 2.75) is 13.0 Å². The number of anilines is 1. The maximum atomic E-state index is 13.2. The number of fused-ring (bicyclic) bond motifs is 1. The monoisotopic (exact) mass is 344 g/mol. The molecule has 130 valence electrons. The molecule has 1 N–H and O–H groups in total. The number of nitrogens with zero attached hydrogens (tertiary/aromatic N) is 1. The molecule has 1 atom stereocenters. The average molecular weight is 344 g/mol. The molecule has 0 unspecified atom stereocenters. The van der Waals surface area contributed by atoms with Crippen molar-refractivity contribution in [2.24, 2.45) is 0 Å². The van der Waals surface area contributed by atoms with Crippen LogP contribution in [0.25, 0.3) is 11.0 Å². The molecule has 0 bridgehead atoms. The van der Waals surface area contributed by atoms with Crippen LogP contribution in [0.4, 0.5) is 14.5 Å². The third-order valence-electron chi connectivity index (χ3n) is 4.11. The molecule has 0 saturated carbocycles. The van der Waals surface area contributed by atoms with Crippen LogP contribution in [-0.4, -0.2) is 24.4 Å². The number of para-hydroxylation sites is 1. The lowest BCUT2D eigenvalue weighted by molar-refractivity contribution is -0.117. The van der Waals surface area contributed by atoms with Crippen LogP contribution in [0.1, 0.15) is 18.7 Å². The summed E-state index contributed by atoms with van der Waals surface area (Å²) >= 11 is 0. The van der Waals surface area contributed by atoms with Gasteiger partial charge < -0.3 is 9.73 Å². The fraction of sp³-hybridized carbons (Fsp3) is 0.211. The van der Waals surface area contributed by atoms with E-state index >= 15 is 0 Å². The molecular weight excluding hydrogens is 326 g/mol. The molecule has 0 saturated heterocycles. The van der Waals surface area contributed by atoms with Gasteiger partial charge in [-0.3, -0.25) is 9.69 Å². The molecule has 1 amide bonds. The smallest absolute Gasteiger partial charge is 0.238 e. The van der Waals surface area contributed by atoms with E-state index in [1.54, 1.807) is 7.05 Å². The average Bonchev–Trinajstić information content (AvgIpc) is 3.01. The minimum absolute atomic E-state index is 0.0806. The van der Waals surface area contributed by atoms with E-state index in [-0.39, 0.29) is 24.2 Å². The van der Waals surface area contributed by atoms with Crippen LogP contribution < -0.4 is 5.32 Å². The van der Waals surface area contributed by atoms with Crippen molar-refractivity contribution in [2.75, 3.05) is 18.9 Å². The molecule has 0 aliphatic rings. The predicted molar refractivity (Wildman–Crippen MR) is 92.2 cm³/mol. The third kappa shape index (κ3) is 3.85. The van der Waals surface area contributed by atoms with Gasteiger partial charge in [-0.2, -0.15) is 0 Å². The van der Waals surface area contributed by atoms with Crippen LogP contribution in [0.15, 0.2) is 52.9 Å². The summed E-state index contributed by atoms with van der Waals surface area (Å²) in [6.45, 7) is 2.01. The van der Waals surface area contributed by atoms with E-state index in [4.69, 9.17) is 4.42 Å². The van der Waals surface area contributed by atoms with E-state index in [2.05, 4.69) is 5.32 Å². The molecule has 2 aromatic carbocycles. The summed E-state index contributed by atoms with van der Waals surface area (Å²) < 4.78 is 31.9. The summed E-state index contributed by atoms with van der Waals surface area (Å²) in [5.41, 5.74) is 1.01. The van der Waals surface area contributed by atoms with Gasteiger partial charge in [-0.05, 0) is 38.2 Å². The number of hydrogen-bond donors (Lipinski definition) is 1. The van der Waals surface area contributed by atoms with Crippen LogP contribution in [0.3, 0.4) is 0 Å². The van der Waals surface area contributed by atoms with Gasteiger partial charge in [0.25, 0.3) is 0 Å². The number of carbonyl (C=O) groups excluding carboxylic acids is 1. The van der Waals surface area contributed by atoms with Crippen molar-refractivity contribution >= 4 is 22.6 Å². The Morgan fingerprint density at radius 2 is 1.92 bits per heavy atom. The second-order valence-corrected chi connectivity index (χ2v) is 5.95. The van der Waals surface area contributed by atoms with Gasteiger partial charge in [0.15, 0.2) is 11.6 Å². The van der Waals surface area contributed by atoms with Crippen molar-refractivity contribution in [3.05, 3.63) is 65.9 Å². The Kier molecular flexibility index (Phi) is 4.81. The predicted octanol–water partition coefficient (Wildman–Crippen LogP) is 4.34. The molecule has 0 aliphatic carbocycles. The van der Waals surface area contributed by atoms with E-state index < -0.39 is 11.6 Å². The summed E-state index contributed by atoms with van der Waals surface area (Å²) in [5.74, 6) is -1.52. The van der Waals surface area contributed by atoms with Crippen molar-refractivity contribution in [1.29, 1.82) is 0 Å². The van der Waals surface area contributed by atoms with Gasteiger partial charge in [0.1, 0.15) is 11.3 Å². The molecule has 0 radical (unpaired) electrons. The number of nitrogens with one attached hydrogen (secondary N) is 1. The highest BCUT2D eigenvalue weighted by Crippen LogP contribution is 2.26. The summed E-state index contributed by atoms with van der Waals surface area (Å²) in [4.78, 5) is 13.9. The number of amides is 1. The van der Waals surface area contributed by atoms with Gasteiger partial charge >= 0.3 is 0 Å². The Morgan fingerprint density at radius 1 is 1.16 bits per heavy atom. The highest BCUT2D eigenvalue weighted by atomic mass is 19.2. The second kappa shape index (κ2) is 7.03. The Balaban J connectivity index is 1.64. The van der Waals surface area contributed by atoms with Crippen molar-refractivity contribution in [1.82, 2.24) is 4.90 Å². The first-order valence-corrected chi connectivity index (χ1v) is 7.87. The van der Waals surface area contributed by atoms with Crippen molar-refractivity contribution in [3.8, 4) is 0 Å². The zero-order chi connectivity index (χ0) is 18.0. The molecular formula is C19H18F2N2O2. The molecule has 3 aromatic rings. The Labute approximate surface area is 144 Å². The van der Waals surface area contributed by atoms with Crippen molar-refractivity contribution in [3.63, 3.8) is 0 Å². The first-order chi connectivity index (χ1) is 11.9. The number of furan rings is 1. The molecule has 0 fully saturated rings. The number of benzene rings is 2. The quantitative estimate of drug-likeness (QED) is 0.749.